The second-order valence-electron chi connectivity index (χ2n) is 11.3. The van der Waals surface area contributed by atoms with E-state index in [1.807, 2.05) is 0 Å². The summed E-state index contributed by atoms with van der Waals surface area (Å²) in [4.78, 5) is 47.5. The minimum Gasteiger partial charge on any atom is -0.457 e. The molecule has 0 unspecified atom stereocenters. The Morgan fingerprint density at radius 2 is 0.741 bits per heavy atom. The summed E-state index contributed by atoms with van der Waals surface area (Å²) >= 11 is 0. The first kappa shape index (κ1) is 41.4. The van der Waals surface area contributed by atoms with E-state index in [0.29, 0.717) is 0 Å². The number of nitrogens with zero attached hydrogens (tertiary/aromatic N) is 2. The predicted octanol–water partition coefficient (Wildman–Crippen LogP) is 8.41. The number of carbonyl (C=O) groups is 2. The van der Waals surface area contributed by atoms with Gasteiger partial charge in [-0.25, -0.2) is 53.5 Å². The van der Waals surface area contributed by atoms with Crippen molar-refractivity contribution in [1.29, 1.82) is 0 Å². The van der Waals surface area contributed by atoms with Gasteiger partial charge in [0.25, 0.3) is 11.4 Å². The van der Waals surface area contributed by atoms with Gasteiger partial charge in [0, 0.05) is 46.5 Å². The van der Waals surface area contributed by atoms with Crippen LogP contribution in [-0.2, 0) is 22.7 Å². The number of rotatable bonds is 8. The van der Waals surface area contributed by atoms with E-state index in [4.69, 9.17) is 9.47 Å². The van der Waals surface area contributed by atoms with Crippen LogP contribution >= 0.6 is 0 Å². The number of nitro groups is 2. The minimum absolute atomic E-state index is 0.0313. The molecule has 0 atom stereocenters. The fourth-order valence-corrected chi connectivity index (χ4v) is 4.74. The molecule has 20 heteroatoms. The molecule has 0 amide bonds. The lowest BCUT2D eigenvalue weighted by Gasteiger charge is -2.13. The first-order valence-electron chi connectivity index (χ1n) is 15.5. The lowest BCUT2D eigenvalue weighted by Crippen LogP contribution is -2.15. The average Bonchev–Trinajstić information content (AvgIpc) is 3.21. The quantitative estimate of drug-likeness (QED) is 0.0290. The van der Waals surface area contributed by atoms with Crippen LogP contribution in [0.25, 0.3) is 0 Å². The largest absolute Gasteiger partial charge is 0.457 e. The summed E-state index contributed by atoms with van der Waals surface area (Å²) in [5.74, 6) is -17.3. The molecule has 0 N–H and O–H groups in total. The van der Waals surface area contributed by atoms with Gasteiger partial charge in [-0.05, 0) is 36.4 Å². The molecule has 0 bridgehead atoms. The smallest absolute Gasteiger partial charge is 0.339 e. The summed E-state index contributed by atoms with van der Waals surface area (Å²) < 4.78 is 150. The molecule has 0 saturated carbocycles. The summed E-state index contributed by atoms with van der Waals surface area (Å²) in [5.41, 5.74) is -6.41. The zero-order valence-corrected chi connectivity index (χ0v) is 28.1. The zero-order valence-electron chi connectivity index (χ0n) is 28.1. The standard InChI is InChI=1S/C38H14F10N2O8/c39-27-25(28(40)32(44)35(47)31(27)43)15-57-37(51)23-14-20(8-2-18-5-11-22(12-6-18)50(55)56)24(13-19(23)7-1-17-3-9-21(10-4-17)49(53)54)38(52)58-16-26-29(41)33(45)36(48)34(46)30(26)42/h3-6,9-14H,15-16H2. The van der Waals surface area contributed by atoms with Gasteiger partial charge in [0.1, 0.15) is 13.2 Å². The normalized spacial score (nSPS) is 10.5. The molecule has 0 radical (unpaired) electrons. The van der Waals surface area contributed by atoms with Crippen molar-refractivity contribution in [3.05, 3.63) is 184 Å². The maximum Gasteiger partial charge on any atom is 0.339 e. The third-order valence-corrected chi connectivity index (χ3v) is 7.73. The van der Waals surface area contributed by atoms with Crippen LogP contribution in [-0.4, -0.2) is 21.8 Å². The number of esters is 2. The summed E-state index contributed by atoms with van der Waals surface area (Å²) in [7, 11) is 0. The minimum atomic E-state index is -2.51. The van der Waals surface area contributed by atoms with Crippen LogP contribution in [0.5, 0.6) is 0 Å². The lowest BCUT2D eigenvalue weighted by atomic mass is 9.97. The van der Waals surface area contributed by atoms with Crippen molar-refractivity contribution in [1.82, 2.24) is 0 Å². The Morgan fingerprint density at radius 1 is 0.466 bits per heavy atom. The van der Waals surface area contributed by atoms with Gasteiger partial charge in [-0.2, -0.15) is 0 Å². The van der Waals surface area contributed by atoms with E-state index in [0.717, 1.165) is 60.7 Å². The van der Waals surface area contributed by atoms with E-state index < -0.39 is 127 Å². The van der Waals surface area contributed by atoms with Crippen LogP contribution in [0.4, 0.5) is 55.3 Å². The number of nitro benzene ring substituents is 2. The SMILES string of the molecule is O=C(OCc1c(F)c(F)c(F)c(F)c1F)c1cc(C#Cc2ccc([N+](=O)[O-])cc2)c(C(=O)OCc2c(F)c(F)c(F)c(F)c2F)cc1C#Cc1ccc([N+](=O)[O-])cc1. The van der Waals surface area contributed by atoms with Crippen molar-refractivity contribution in [2.75, 3.05) is 0 Å². The van der Waals surface area contributed by atoms with E-state index in [-0.39, 0.29) is 22.5 Å². The molecule has 294 valence electrons. The third kappa shape index (κ3) is 8.55. The van der Waals surface area contributed by atoms with Crippen molar-refractivity contribution in [2.24, 2.45) is 0 Å². The number of non-ortho nitro benzene ring substituents is 2. The van der Waals surface area contributed by atoms with Gasteiger partial charge in [0.05, 0.1) is 32.1 Å². The van der Waals surface area contributed by atoms with Gasteiger partial charge in [-0.3, -0.25) is 20.2 Å². The molecule has 0 spiro atoms. The maximum absolute atomic E-state index is 14.4. The van der Waals surface area contributed by atoms with Gasteiger partial charge in [-0.1, -0.05) is 23.7 Å². The van der Waals surface area contributed by atoms with Gasteiger partial charge in [-0.15, -0.1) is 0 Å². The Labute approximate surface area is 316 Å². The van der Waals surface area contributed by atoms with E-state index in [9.17, 15) is 73.7 Å². The van der Waals surface area contributed by atoms with Crippen LogP contribution in [0.1, 0.15) is 54.1 Å². The molecule has 0 saturated heterocycles. The highest BCUT2D eigenvalue weighted by Crippen LogP contribution is 2.27. The molecule has 5 rings (SSSR count). The molecule has 5 aromatic carbocycles. The highest BCUT2D eigenvalue weighted by molar-refractivity contribution is 5.98. The first-order valence-corrected chi connectivity index (χ1v) is 15.5. The predicted molar refractivity (Wildman–Crippen MR) is 175 cm³/mol. The number of hydrogen-bond donors (Lipinski definition) is 0. The van der Waals surface area contributed by atoms with Gasteiger partial charge < -0.3 is 9.47 Å². The monoisotopic (exact) mass is 816 g/mol. The maximum atomic E-state index is 14.4. The third-order valence-electron chi connectivity index (χ3n) is 7.73. The van der Waals surface area contributed by atoms with E-state index in [1.165, 1.54) is 0 Å². The van der Waals surface area contributed by atoms with Crippen molar-refractivity contribution in [3.63, 3.8) is 0 Å². The Balaban J connectivity index is 1.65. The van der Waals surface area contributed by atoms with Crippen LogP contribution in [0.3, 0.4) is 0 Å². The number of carbonyl (C=O) groups excluding carboxylic acids is 2. The Bertz CT molecular complexity index is 2440. The fraction of sp³-hybridized carbons (Fsp3) is 0.0526. The molecular weight excluding hydrogens is 802 g/mol. The number of halogens is 10. The Morgan fingerprint density at radius 3 is 1.02 bits per heavy atom. The van der Waals surface area contributed by atoms with Crippen molar-refractivity contribution >= 4 is 23.3 Å². The summed E-state index contributed by atoms with van der Waals surface area (Å²) in [6.07, 6.45) is 0. The molecule has 0 aliphatic rings. The molecule has 0 aliphatic carbocycles. The highest BCUT2D eigenvalue weighted by Gasteiger charge is 2.29. The topological polar surface area (TPSA) is 139 Å². The molecule has 5 aromatic rings. The first-order chi connectivity index (χ1) is 27.4. The van der Waals surface area contributed by atoms with E-state index in [2.05, 4.69) is 23.7 Å². The van der Waals surface area contributed by atoms with Crippen LogP contribution in [0.15, 0.2) is 60.7 Å². The van der Waals surface area contributed by atoms with Crippen molar-refractivity contribution in [3.8, 4) is 23.7 Å². The van der Waals surface area contributed by atoms with E-state index >= 15 is 0 Å². The van der Waals surface area contributed by atoms with E-state index in [1.54, 1.807) is 0 Å². The number of benzene rings is 5. The Hall–Kier alpha value is -7.74. The highest BCUT2D eigenvalue weighted by atomic mass is 19.2. The van der Waals surface area contributed by atoms with Crippen LogP contribution in [0.2, 0.25) is 0 Å². The number of hydrogen-bond acceptors (Lipinski definition) is 8. The summed E-state index contributed by atoms with van der Waals surface area (Å²) in [5, 5.41) is 22.1. The van der Waals surface area contributed by atoms with Gasteiger partial charge in [0.2, 0.25) is 11.6 Å². The molecule has 0 heterocycles. The molecule has 0 fully saturated rings. The molecular formula is C38H14F10N2O8. The van der Waals surface area contributed by atoms with Crippen molar-refractivity contribution < 1.29 is 72.8 Å². The zero-order chi connectivity index (χ0) is 42.6. The molecule has 0 aliphatic heterocycles. The van der Waals surface area contributed by atoms with Crippen LogP contribution in [0, 0.1) is 102 Å². The second-order valence-corrected chi connectivity index (χ2v) is 11.3. The van der Waals surface area contributed by atoms with Gasteiger partial charge in [0.15, 0.2) is 46.5 Å². The fourth-order valence-electron chi connectivity index (χ4n) is 4.74. The molecule has 58 heavy (non-hydrogen) atoms. The summed E-state index contributed by atoms with van der Waals surface area (Å²) in [6.45, 7) is -3.15. The molecule has 10 nitrogen and oxygen atoms in total. The molecule has 0 aromatic heterocycles. The second kappa shape index (κ2) is 17.0. The number of ether oxygens (including phenoxy) is 2. The average molecular weight is 817 g/mol. The van der Waals surface area contributed by atoms with Crippen LogP contribution < -0.4 is 0 Å². The van der Waals surface area contributed by atoms with Gasteiger partial charge >= 0.3 is 11.9 Å². The summed E-state index contributed by atoms with van der Waals surface area (Å²) in [6, 6.07) is 10.2. The lowest BCUT2D eigenvalue weighted by molar-refractivity contribution is -0.385. The van der Waals surface area contributed by atoms with Crippen molar-refractivity contribution in [2.45, 2.75) is 13.2 Å². The Kier molecular flexibility index (Phi) is 12.1.